The molecule has 2 rings (SSSR count). The Balaban J connectivity index is 2.17. The van der Waals surface area contributed by atoms with Crippen LogP contribution in [-0.2, 0) is 21.5 Å². The smallest absolute Gasteiger partial charge is 0.261 e. The third kappa shape index (κ3) is 6.74. The van der Waals surface area contributed by atoms with Gasteiger partial charge in [-0.15, -0.1) is 0 Å². The quantitative estimate of drug-likeness (QED) is 0.660. The highest BCUT2D eigenvalue weighted by atomic mass is 16.5. The van der Waals surface area contributed by atoms with E-state index in [4.69, 9.17) is 9.47 Å². The summed E-state index contributed by atoms with van der Waals surface area (Å²) >= 11 is 0. The Kier molecular flexibility index (Phi) is 8.48. The molecule has 168 valence electrons. The van der Waals surface area contributed by atoms with Crippen LogP contribution < -0.4 is 14.8 Å². The molecule has 0 aliphatic heterocycles. The van der Waals surface area contributed by atoms with Gasteiger partial charge in [-0.05, 0) is 47.2 Å². The molecule has 0 aliphatic carbocycles. The first-order chi connectivity index (χ1) is 14.7. The highest BCUT2D eigenvalue weighted by Gasteiger charge is 2.28. The van der Waals surface area contributed by atoms with Crippen LogP contribution in [0, 0.1) is 0 Å². The first kappa shape index (κ1) is 24.3. The molecule has 0 saturated carbocycles. The van der Waals surface area contributed by atoms with Crippen LogP contribution >= 0.6 is 0 Å². The van der Waals surface area contributed by atoms with Crippen LogP contribution in [0.5, 0.6) is 11.5 Å². The lowest BCUT2D eigenvalue weighted by Crippen LogP contribution is -2.49. The molecule has 6 nitrogen and oxygen atoms in total. The van der Waals surface area contributed by atoms with E-state index in [9.17, 15) is 9.59 Å². The number of carbonyl (C=O) groups excluding carboxylic acids is 2. The molecular formula is C25H34N2O4. The van der Waals surface area contributed by atoms with Gasteiger partial charge in [0.25, 0.3) is 5.91 Å². The molecule has 31 heavy (non-hydrogen) atoms. The molecule has 0 bridgehead atoms. The molecule has 0 fully saturated rings. The molecule has 0 aromatic heterocycles. The summed E-state index contributed by atoms with van der Waals surface area (Å²) in [6, 6.07) is 14.7. The van der Waals surface area contributed by atoms with Crippen molar-refractivity contribution in [1.82, 2.24) is 10.2 Å². The maximum absolute atomic E-state index is 13.1. The van der Waals surface area contributed by atoms with Gasteiger partial charge in [0.05, 0.1) is 7.11 Å². The van der Waals surface area contributed by atoms with E-state index in [1.807, 2.05) is 55.5 Å². The minimum absolute atomic E-state index is 0.0454. The summed E-state index contributed by atoms with van der Waals surface area (Å²) in [5, 5.41) is 2.66. The molecule has 1 N–H and O–H groups in total. The minimum Gasteiger partial charge on any atom is -0.497 e. The van der Waals surface area contributed by atoms with Gasteiger partial charge < -0.3 is 19.7 Å². The van der Waals surface area contributed by atoms with Gasteiger partial charge in [-0.2, -0.15) is 0 Å². The summed E-state index contributed by atoms with van der Waals surface area (Å²) in [7, 11) is 3.17. The Morgan fingerprint density at radius 3 is 2.29 bits per heavy atom. The molecule has 2 amide bonds. The van der Waals surface area contributed by atoms with Crippen molar-refractivity contribution in [2.24, 2.45) is 0 Å². The largest absolute Gasteiger partial charge is 0.497 e. The van der Waals surface area contributed by atoms with Gasteiger partial charge in [0, 0.05) is 13.6 Å². The van der Waals surface area contributed by atoms with Gasteiger partial charge in [-0.25, -0.2) is 0 Å². The van der Waals surface area contributed by atoms with E-state index in [1.54, 1.807) is 19.1 Å². The number of hydrogen-bond acceptors (Lipinski definition) is 4. The van der Waals surface area contributed by atoms with E-state index < -0.39 is 6.04 Å². The van der Waals surface area contributed by atoms with E-state index >= 15 is 0 Å². The fourth-order valence-electron chi connectivity index (χ4n) is 3.33. The van der Waals surface area contributed by atoms with E-state index in [0.29, 0.717) is 17.9 Å². The van der Waals surface area contributed by atoms with Crippen LogP contribution in [0.15, 0.2) is 48.5 Å². The monoisotopic (exact) mass is 426 g/mol. The Labute approximate surface area is 185 Å². The molecular weight excluding hydrogens is 392 g/mol. The highest BCUT2D eigenvalue weighted by molar-refractivity contribution is 5.88. The van der Waals surface area contributed by atoms with Gasteiger partial charge in [0.2, 0.25) is 5.91 Å². The van der Waals surface area contributed by atoms with Crippen molar-refractivity contribution in [3.63, 3.8) is 0 Å². The molecule has 1 unspecified atom stereocenters. The van der Waals surface area contributed by atoms with Gasteiger partial charge in [-0.3, -0.25) is 9.59 Å². The Morgan fingerprint density at radius 1 is 1.06 bits per heavy atom. The van der Waals surface area contributed by atoms with Crippen molar-refractivity contribution in [3.8, 4) is 11.5 Å². The van der Waals surface area contributed by atoms with Crippen LogP contribution in [-0.4, -0.2) is 43.5 Å². The third-order valence-electron chi connectivity index (χ3n) is 5.20. The second-order valence-corrected chi connectivity index (χ2v) is 8.47. The average Bonchev–Trinajstić information content (AvgIpc) is 2.76. The van der Waals surface area contributed by atoms with Crippen LogP contribution in [0.2, 0.25) is 0 Å². The second kappa shape index (κ2) is 10.8. The highest BCUT2D eigenvalue weighted by Crippen LogP contribution is 2.24. The predicted octanol–water partition coefficient (Wildman–Crippen LogP) is 3.92. The number of hydrogen-bond donors (Lipinski definition) is 1. The normalized spacial score (nSPS) is 12.1. The van der Waals surface area contributed by atoms with Gasteiger partial charge in [0.15, 0.2) is 6.61 Å². The summed E-state index contributed by atoms with van der Waals surface area (Å²) in [4.78, 5) is 27.1. The molecule has 2 aromatic rings. The minimum atomic E-state index is -0.587. The van der Waals surface area contributed by atoms with Crippen LogP contribution in [0.25, 0.3) is 0 Å². The molecule has 0 spiro atoms. The third-order valence-corrected chi connectivity index (χ3v) is 5.20. The Hall–Kier alpha value is -3.02. The number of nitrogens with one attached hydrogen (secondary N) is 1. The van der Waals surface area contributed by atoms with Crippen molar-refractivity contribution in [2.45, 2.75) is 52.1 Å². The van der Waals surface area contributed by atoms with E-state index in [-0.39, 0.29) is 30.4 Å². The van der Waals surface area contributed by atoms with Gasteiger partial charge in [-0.1, -0.05) is 52.0 Å². The van der Waals surface area contributed by atoms with E-state index in [2.05, 4.69) is 26.1 Å². The molecule has 0 saturated heterocycles. The lowest BCUT2D eigenvalue weighted by Gasteiger charge is -2.30. The number of methoxy groups -OCH3 is 1. The lowest BCUT2D eigenvalue weighted by atomic mass is 9.87. The summed E-state index contributed by atoms with van der Waals surface area (Å²) in [5.74, 6) is 0.871. The van der Waals surface area contributed by atoms with Crippen LogP contribution in [0.3, 0.4) is 0 Å². The zero-order valence-corrected chi connectivity index (χ0v) is 19.4. The number of amides is 2. The summed E-state index contributed by atoms with van der Waals surface area (Å²) in [5.41, 5.74) is 2.12. The maximum Gasteiger partial charge on any atom is 0.261 e. The number of rotatable bonds is 9. The number of likely N-dealkylation sites (N-methyl/N-ethyl adjacent to an activating group) is 1. The molecule has 0 heterocycles. The van der Waals surface area contributed by atoms with E-state index in [0.717, 1.165) is 5.56 Å². The summed E-state index contributed by atoms with van der Waals surface area (Å²) in [6.07, 6.45) is 0.496. The van der Waals surface area contributed by atoms with Gasteiger partial charge in [0.1, 0.15) is 17.5 Å². The van der Waals surface area contributed by atoms with Crippen molar-refractivity contribution in [2.75, 3.05) is 20.8 Å². The standard InChI is InChI=1S/C25H34N2O4/c1-7-22(24(29)26-5)27(16-18-9-8-10-21(15-18)30-6)23(28)17-31-20-13-11-19(12-14-20)25(2,3)4/h8-15,22H,7,16-17H2,1-6H3,(H,26,29). The number of benzene rings is 2. The van der Waals surface area contributed by atoms with Crippen molar-refractivity contribution in [1.29, 1.82) is 0 Å². The Bertz CT molecular complexity index is 872. The molecule has 6 heteroatoms. The number of nitrogens with zero attached hydrogens (tertiary/aromatic N) is 1. The SMILES string of the molecule is CCC(C(=O)NC)N(Cc1cccc(OC)c1)C(=O)COc1ccc(C(C)(C)C)cc1. The summed E-state index contributed by atoms with van der Waals surface area (Å²) in [6.45, 7) is 8.46. The second-order valence-electron chi connectivity index (χ2n) is 8.47. The zero-order valence-electron chi connectivity index (χ0n) is 19.4. The molecule has 1 atom stereocenters. The van der Waals surface area contributed by atoms with Crippen LogP contribution in [0.1, 0.15) is 45.2 Å². The van der Waals surface area contributed by atoms with Crippen molar-refractivity contribution >= 4 is 11.8 Å². The topological polar surface area (TPSA) is 67.9 Å². The van der Waals surface area contributed by atoms with Crippen molar-refractivity contribution < 1.29 is 19.1 Å². The maximum atomic E-state index is 13.1. The average molecular weight is 427 g/mol. The first-order valence-corrected chi connectivity index (χ1v) is 10.6. The predicted molar refractivity (Wildman–Crippen MR) is 122 cm³/mol. The fraction of sp³-hybridized carbons (Fsp3) is 0.440. The molecule has 0 aliphatic rings. The van der Waals surface area contributed by atoms with E-state index in [1.165, 1.54) is 5.56 Å². The van der Waals surface area contributed by atoms with Gasteiger partial charge >= 0.3 is 0 Å². The first-order valence-electron chi connectivity index (χ1n) is 10.6. The number of carbonyl (C=O) groups is 2. The fourth-order valence-corrected chi connectivity index (χ4v) is 3.33. The van der Waals surface area contributed by atoms with Crippen LogP contribution in [0.4, 0.5) is 0 Å². The molecule has 2 aromatic carbocycles. The van der Waals surface area contributed by atoms with Crippen molar-refractivity contribution in [3.05, 3.63) is 59.7 Å². The lowest BCUT2D eigenvalue weighted by molar-refractivity contribution is -0.142. The molecule has 0 radical (unpaired) electrons. The zero-order chi connectivity index (χ0) is 23.0. The summed E-state index contributed by atoms with van der Waals surface area (Å²) < 4.78 is 11.0. The Morgan fingerprint density at radius 2 is 1.74 bits per heavy atom. The number of ether oxygens (including phenoxy) is 2.